The molecule has 0 aromatic rings. The first-order chi connectivity index (χ1) is 3.68. The number of aliphatic hydroxyl groups excluding tert-OH is 1. The van der Waals surface area contributed by atoms with Gasteiger partial charge >= 0.3 is 0 Å². The van der Waals surface area contributed by atoms with Crippen LogP contribution in [0.25, 0.3) is 0 Å². The molecule has 0 saturated heterocycles. The van der Waals surface area contributed by atoms with Crippen LogP contribution in [-0.4, -0.2) is 11.7 Å². The third-order valence-electron chi connectivity index (χ3n) is 0.0825. The fraction of sp³-hybridized carbons (Fsp3) is 0.500. The molecule has 0 bridgehead atoms. The van der Waals surface area contributed by atoms with Gasteiger partial charge in [-0.3, -0.25) is 0 Å². The summed E-state index contributed by atoms with van der Waals surface area (Å²) in [4.78, 5) is 0. The molecule has 0 atom stereocenters. The Bertz CT molecular complexity index is 58.3. The maximum absolute atomic E-state index is 7.57. The Kier molecular flexibility index (Phi) is 15.0. The highest BCUT2D eigenvalue weighted by atomic mass is 35.5. The second kappa shape index (κ2) is 10.5. The molecule has 0 aliphatic carbocycles. The molecule has 0 aromatic carbocycles. The molecule has 0 heterocycles. The maximum atomic E-state index is 7.57. The van der Waals surface area contributed by atoms with Gasteiger partial charge in [0.05, 0.1) is 0 Å². The van der Waals surface area contributed by atoms with Crippen molar-refractivity contribution in [1.82, 2.24) is 0 Å². The third kappa shape index (κ3) is 30.9. The van der Waals surface area contributed by atoms with Crippen molar-refractivity contribution in [3.8, 4) is 0 Å². The molecule has 50 valence electrons. The number of halogens is 3. The summed E-state index contributed by atoms with van der Waals surface area (Å²) in [6.07, 6.45) is 0. The lowest BCUT2D eigenvalue weighted by molar-refractivity contribution is 0.318. The van der Waals surface area contributed by atoms with E-state index in [1.807, 2.05) is 0 Å². The molecule has 1 nitrogen and oxygen atoms in total. The Morgan fingerprint density at radius 3 is 1.75 bits per heavy atom. The summed E-state index contributed by atoms with van der Waals surface area (Å²) in [5, 5.41) is 7.57. The summed E-state index contributed by atoms with van der Waals surface area (Å²) >= 11 is 14.8. The lowest BCUT2D eigenvalue weighted by Gasteiger charge is -1.64. The van der Waals surface area contributed by atoms with Crippen molar-refractivity contribution in [1.29, 1.82) is 0 Å². The van der Waals surface area contributed by atoms with Crippen LogP contribution in [0, 0.1) is 0 Å². The zero-order valence-electron chi connectivity index (χ0n) is 4.37. The first-order valence-electron chi connectivity index (χ1n) is 1.91. The second-order valence-corrected chi connectivity index (χ2v) is 1.94. The summed E-state index contributed by atoms with van der Waals surface area (Å²) in [7, 11) is 0. The number of aliphatic hydroxyl groups is 1. The fourth-order valence-electron chi connectivity index (χ4n) is 0. The number of rotatable bonds is 0. The predicted octanol–water partition coefficient (Wildman–Crippen LogP) is 2.50. The van der Waals surface area contributed by atoms with Crippen LogP contribution < -0.4 is 0 Å². The van der Waals surface area contributed by atoms with Crippen LogP contribution in [0.2, 0.25) is 0 Å². The van der Waals surface area contributed by atoms with Gasteiger partial charge in [0.2, 0.25) is 0 Å². The fourth-order valence-corrected chi connectivity index (χ4v) is 0. The molecule has 0 spiro atoms. The average Bonchev–Trinajstić information content (AvgIpc) is 1.69. The molecule has 8 heavy (non-hydrogen) atoms. The Morgan fingerprint density at radius 2 is 1.75 bits per heavy atom. The predicted molar refractivity (Wildman–Crippen MR) is 38.4 cm³/mol. The molecule has 0 radical (unpaired) electrons. The van der Waals surface area contributed by atoms with Crippen molar-refractivity contribution < 1.29 is 5.11 Å². The van der Waals surface area contributed by atoms with Crippen molar-refractivity contribution in [2.24, 2.45) is 0 Å². The maximum Gasteiger partial charge on any atom is 0.118 e. The summed E-state index contributed by atoms with van der Waals surface area (Å²) in [6, 6.07) is 0. The molecule has 1 N–H and O–H groups in total. The number of hydrogen-bond donors (Lipinski definition) is 1. The minimum atomic E-state index is 0.0895. The van der Waals surface area contributed by atoms with Gasteiger partial charge in [-0.15, -0.1) is 0 Å². The van der Waals surface area contributed by atoms with E-state index in [9.17, 15) is 0 Å². The van der Waals surface area contributed by atoms with Crippen LogP contribution in [0.5, 0.6) is 0 Å². The molecule has 0 unspecified atom stereocenters. The molecular formula is C4H7Cl3O. The zero-order valence-corrected chi connectivity index (χ0v) is 6.63. The van der Waals surface area contributed by atoms with Crippen molar-refractivity contribution in [3.05, 3.63) is 10.0 Å². The quantitative estimate of drug-likeness (QED) is 0.603. The van der Waals surface area contributed by atoms with Crippen LogP contribution in [0.3, 0.4) is 0 Å². The van der Waals surface area contributed by atoms with Crippen LogP contribution in [-0.2, 0) is 0 Å². The highest BCUT2D eigenvalue weighted by molar-refractivity contribution is 6.58. The topological polar surface area (TPSA) is 20.2 Å². The van der Waals surface area contributed by atoms with E-state index in [4.69, 9.17) is 39.9 Å². The Labute approximate surface area is 63.9 Å². The van der Waals surface area contributed by atoms with E-state index in [2.05, 4.69) is 0 Å². The van der Waals surface area contributed by atoms with Gasteiger partial charge in [0.15, 0.2) is 0 Å². The second-order valence-electron chi connectivity index (χ2n) is 0.715. The van der Waals surface area contributed by atoms with E-state index in [1.165, 1.54) is 0 Å². The Hall–Kier alpha value is 0.570. The van der Waals surface area contributed by atoms with E-state index in [-0.39, 0.29) is 11.1 Å². The number of hydrogen-bond acceptors (Lipinski definition) is 1. The van der Waals surface area contributed by atoms with Gasteiger partial charge in [-0.05, 0) is 6.92 Å². The zero-order chi connectivity index (χ0) is 6.99. The summed E-state index contributed by atoms with van der Waals surface area (Å²) < 4.78 is 0.0895. The summed E-state index contributed by atoms with van der Waals surface area (Å²) in [5.41, 5.74) is 1.09. The lowest BCUT2D eigenvalue weighted by Crippen LogP contribution is -1.57. The molecule has 0 rings (SSSR count). The molecule has 4 heteroatoms. The van der Waals surface area contributed by atoms with E-state index in [0.29, 0.717) is 0 Å². The molecule has 0 fully saturated rings. The van der Waals surface area contributed by atoms with Gasteiger partial charge in [0, 0.05) is 12.1 Å². The van der Waals surface area contributed by atoms with Gasteiger partial charge in [0.1, 0.15) is 4.49 Å². The van der Waals surface area contributed by atoms with Gasteiger partial charge in [-0.2, -0.15) is 0 Å². The van der Waals surface area contributed by atoms with Gasteiger partial charge in [-0.1, -0.05) is 34.8 Å². The van der Waals surface area contributed by atoms with E-state index in [0.717, 1.165) is 5.54 Å². The highest BCUT2D eigenvalue weighted by Gasteiger charge is 1.70. The van der Waals surface area contributed by atoms with Gasteiger partial charge < -0.3 is 5.11 Å². The highest BCUT2D eigenvalue weighted by Crippen LogP contribution is 2.05. The molecular weight excluding hydrogens is 170 g/mol. The average molecular weight is 177 g/mol. The van der Waals surface area contributed by atoms with E-state index >= 15 is 0 Å². The Balaban J connectivity index is 0. The summed E-state index contributed by atoms with van der Waals surface area (Å²) in [5.74, 6) is 0. The minimum absolute atomic E-state index is 0.0895. The van der Waals surface area contributed by atoms with Gasteiger partial charge in [0.25, 0.3) is 0 Å². The van der Waals surface area contributed by atoms with E-state index < -0.39 is 0 Å². The van der Waals surface area contributed by atoms with Crippen molar-refractivity contribution in [2.45, 2.75) is 6.92 Å². The monoisotopic (exact) mass is 176 g/mol. The van der Waals surface area contributed by atoms with Crippen molar-refractivity contribution in [3.63, 3.8) is 0 Å². The standard InChI is InChI=1S/C2HCl3.C2H6O/c3-1-2(4)5;1-2-3/h1H;3H,2H2,1H3. The summed E-state index contributed by atoms with van der Waals surface area (Å²) in [6.45, 7) is 1.93. The third-order valence-corrected chi connectivity index (χ3v) is 0.742. The minimum Gasteiger partial charge on any atom is -0.397 e. The van der Waals surface area contributed by atoms with Crippen LogP contribution in [0.1, 0.15) is 6.92 Å². The molecule has 0 amide bonds. The van der Waals surface area contributed by atoms with Crippen LogP contribution in [0.4, 0.5) is 0 Å². The van der Waals surface area contributed by atoms with Crippen LogP contribution in [0.15, 0.2) is 10.0 Å². The molecule has 0 aliphatic rings. The largest absolute Gasteiger partial charge is 0.397 e. The van der Waals surface area contributed by atoms with Crippen LogP contribution >= 0.6 is 34.8 Å². The molecule has 0 saturated carbocycles. The van der Waals surface area contributed by atoms with Gasteiger partial charge in [-0.25, -0.2) is 0 Å². The first kappa shape index (κ1) is 11.4. The Morgan fingerprint density at radius 1 is 1.62 bits per heavy atom. The smallest absolute Gasteiger partial charge is 0.118 e. The SMILES string of the molecule is CCO.ClC=C(Cl)Cl. The molecule has 0 aromatic heterocycles. The first-order valence-corrected chi connectivity index (χ1v) is 3.10. The lowest BCUT2D eigenvalue weighted by atomic mass is 10.9. The van der Waals surface area contributed by atoms with E-state index in [1.54, 1.807) is 6.92 Å². The normalized spacial score (nSPS) is 6.62. The molecule has 0 aliphatic heterocycles. The van der Waals surface area contributed by atoms with Crippen molar-refractivity contribution in [2.75, 3.05) is 6.61 Å². The van der Waals surface area contributed by atoms with Crippen molar-refractivity contribution >= 4 is 34.8 Å².